The third-order valence-corrected chi connectivity index (χ3v) is 6.67. The number of amides is 2. The van der Waals surface area contributed by atoms with Crippen LogP contribution in [-0.2, 0) is 22.4 Å². The molecule has 0 unspecified atom stereocenters. The zero-order valence-electron chi connectivity index (χ0n) is 16.3. The molecule has 0 radical (unpaired) electrons. The highest BCUT2D eigenvalue weighted by Crippen LogP contribution is 2.39. The van der Waals surface area contributed by atoms with Crippen LogP contribution >= 0.6 is 11.3 Å². The number of ether oxygens (including phenoxy) is 1. The van der Waals surface area contributed by atoms with Gasteiger partial charge in [-0.25, -0.2) is 4.79 Å². The molecular weight excluding hydrogens is 394 g/mol. The number of thiophene rings is 1. The molecule has 2 aromatic heterocycles. The van der Waals surface area contributed by atoms with Gasteiger partial charge in [0.25, 0.3) is 11.8 Å². The summed E-state index contributed by atoms with van der Waals surface area (Å²) in [5.74, 6) is -0.297. The number of carbonyl (C=O) groups excluding carboxylic acids is 3. The van der Waals surface area contributed by atoms with E-state index in [9.17, 15) is 14.4 Å². The molecule has 0 bridgehead atoms. The van der Waals surface area contributed by atoms with Gasteiger partial charge in [-0.1, -0.05) is 0 Å². The van der Waals surface area contributed by atoms with Crippen LogP contribution in [0.4, 0.5) is 5.00 Å². The van der Waals surface area contributed by atoms with Crippen molar-refractivity contribution in [2.45, 2.75) is 19.3 Å². The molecule has 0 saturated carbocycles. The third kappa shape index (κ3) is 4.06. The topological polar surface area (TPSA) is 93.3 Å². The lowest BCUT2D eigenvalue weighted by molar-refractivity contribution is -0.895. The van der Waals surface area contributed by atoms with Gasteiger partial charge < -0.3 is 24.3 Å². The van der Waals surface area contributed by atoms with E-state index >= 15 is 0 Å². The van der Waals surface area contributed by atoms with E-state index in [4.69, 9.17) is 9.15 Å². The molecule has 1 fully saturated rings. The Balaban J connectivity index is 1.33. The Kier molecular flexibility index (Phi) is 5.68. The second kappa shape index (κ2) is 8.38. The summed E-state index contributed by atoms with van der Waals surface area (Å²) in [5.41, 5.74) is 1.54. The van der Waals surface area contributed by atoms with Crippen LogP contribution in [0, 0.1) is 0 Å². The Morgan fingerprint density at radius 1 is 1.28 bits per heavy atom. The van der Waals surface area contributed by atoms with E-state index in [2.05, 4.69) is 5.32 Å². The molecule has 2 aliphatic rings. The van der Waals surface area contributed by atoms with Crippen molar-refractivity contribution in [3.8, 4) is 0 Å². The van der Waals surface area contributed by atoms with Crippen LogP contribution < -0.4 is 10.2 Å². The van der Waals surface area contributed by atoms with Crippen LogP contribution in [-0.4, -0.2) is 62.5 Å². The van der Waals surface area contributed by atoms with Gasteiger partial charge in [-0.15, -0.1) is 11.3 Å². The molecule has 0 atom stereocenters. The standard InChI is InChI=1S/C20H23N3O5S/c1-27-20(26)17-13-4-2-6-15(13)29-18(17)21-16(24)12-22-7-9-23(10-8-22)19(25)14-5-3-11-28-14/h3,5,11H,2,4,6-10,12H2,1H3,(H,21,24)/p+1. The number of hydrogen-bond donors (Lipinski definition) is 2. The number of rotatable bonds is 5. The number of methoxy groups -OCH3 is 1. The van der Waals surface area contributed by atoms with Crippen molar-refractivity contribution < 1.29 is 28.4 Å². The number of fused-ring (bicyclic) bond motifs is 1. The predicted molar refractivity (Wildman–Crippen MR) is 106 cm³/mol. The van der Waals surface area contributed by atoms with Crippen molar-refractivity contribution in [3.63, 3.8) is 0 Å². The van der Waals surface area contributed by atoms with Crippen LogP contribution in [0.5, 0.6) is 0 Å². The van der Waals surface area contributed by atoms with Gasteiger partial charge in [-0.05, 0) is 37.0 Å². The molecule has 1 saturated heterocycles. The number of furan rings is 1. The fourth-order valence-corrected chi connectivity index (χ4v) is 5.26. The van der Waals surface area contributed by atoms with E-state index in [1.807, 2.05) is 0 Å². The fraction of sp³-hybridized carbons (Fsp3) is 0.450. The molecule has 4 rings (SSSR count). The first kappa shape index (κ1) is 19.7. The number of hydrogen-bond acceptors (Lipinski definition) is 6. The second-order valence-electron chi connectivity index (χ2n) is 7.30. The van der Waals surface area contributed by atoms with Crippen molar-refractivity contribution in [1.82, 2.24) is 4.90 Å². The summed E-state index contributed by atoms with van der Waals surface area (Å²) in [6.45, 7) is 2.81. The van der Waals surface area contributed by atoms with E-state index in [-0.39, 0.29) is 11.8 Å². The maximum atomic E-state index is 12.6. The van der Waals surface area contributed by atoms with E-state index in [0.717, 1.165) is 34.6 Å². The maximum absolute atomic E-state index is 12.6. The number of quaternary nitrogens is 1. The molecule has 2 amide bonds. The van der Waals surface area contributed by atoms with Gasteiger partial charge in [-0.2, -0.15) is 0 Å². The van der Waals surface area contributed by atoms with Gasteiger partial charge in [0, 0.05) is 4.88 Å². The zero-order valence-corrected chi connectivity index (χ0v) is 17.1. The van der Waals surface area contributed by atoms with Gasteiger partial charge in [0.1, 0.15) is 5.00 Å². The average molecular weight is 418 g/mol. The van der Waals surface area contributed by atoms with Crippen molar-refractivity contribution in [2.75, 3.05) is 45.2 Å². The van der Waals surface area contributed by atoms with Gasteiger partial charge in [0.15, 0.2) is 12.3 Å². The smallest absolute Gasteiger partial charge is 0.341 e. The van der Waals surface area contributed by atoms with E-state index in [1.165, 1.54) is 24.7 Å². The molecule has 154 valence electrons. The van der Waals surface area contributed by atoms with Crippen LogP contribution in [0.3, 0.4) is 0 Å². The first-order valence-corrected chi connectivity index (χ1v) is 10.6. The molecule has 29 heavy (non-hydrogen) atoms. The number of nitrogens with one attached hydrogen (secondary N) is 2. The van der Waals surface area contributed by atoms with Crippen LogP contribution in [0.15, 0.2) is 22.8 Å². The minimum absolute atomic E-state index is 0.116. The molecular formula is C20H24N3O5S+. The summed E-state index contributed by atoms with van der Waals surface area (Å²) in [6, 6.07) is 3.36. The molecule has 2 N–H and O–H groups in total. The summed E-state index contributed by atoms with van der Waals surface area (Å²) in [7, 11) is 1.36. The predicted octanol–water partition coefficient (Wildman–Crippen LogP) is 0.596. The molecule has 0 spiro atoms. The van der Waals surface area contributed by atoms with Crippen LogP contribution in [0.25, 0.3) is 0 Å². The van der Waals surface area contributed by atoms with E-state index in [1.54, 1.807) is 17.0 Å². The SMILES string of the molecule is COC(=O)c1c(NC(=O)C[NH+]2CCN(C(=O)c3ccco3)CC2)sc2c1CCC2. The first-order chi connectivity index (χ1) is 14.1. The first-order valence-electron chi connectivity index (χ1n) is 9.76. The Morgan fingerprint density at radius 2 is 2.07 bits per heavy atom. The van der Waals surface area contributed by atoms with E-state index in [0.29, 0.717) is 49.0 Å². The molecule has 2 aromatic rings. The zero-order chi connectivity index (χ0) is 20.4. The molecule has 1 aliphatic heterocycles. The van der Waals surface area contributed by atoms with Crippen LogP contribution in [0.2, 0.25) is 0 Å². The third-order valence-electron chi connectivity index (χ3n) is 5.46. The van der Waals surface area contributed by atoms with Crippen molar-refractivity contribution in [1.29, 1.82) is 0 Å². The number of aryl methyl sites for hydroxylation is 1. The minimum atomic E-state index is -0.392. The maximum Gasteiger partial charge on any atom is 0.341 e. The van der Waals surface area contributed by atoms with Crippen molar-refractivity contribution in [2.24, 2.45) is 0 Å². The molecule has 8 nitrogen and oxygen atoms in total. The summed E-state index contributed by atoms with van der Waals surface area (Å²) in [5, 5.41) is 3.52. The minimum Gasteiger partial charge on any atom is -0.465 e. The lowest BCUT2D eigenvalue weighted by atomic mass is 10.1. The Bertz CT molecular complexity index is 913. The number of nitrogens with zero attached hydrogens (tertiary/aromatic N) is 1. The quantitative estimate of drug-likeness (QED) is 0.694. The van der Waals surface area contributed by atoms with Crippen molar-refractivity contribution in [3.05, 3.63) is 40.2 Å². The lowest BCUT2D eigenvalue weighted by Crippen LogP contribution is -3.15. The summed E-state index contributed by atoms with van der Waals surface area (Å²) in [6.07, 6.45) is 4.31. The van der Waals surface area contributed by atoms with E-state index < -0.39 is 5.97 Å². The molecule has 9 heteroatoms. The largest absolute Gasteiger partial charge is 0.465 e. The number of carbonyl (C=O) groups is 3. The summed E-state index contributed by atoms with van der Waals surface area (Å²) in [4.78, 5) is 41.2. The number of piperazine rings is 1. The summed E-state index contributed by atoms with van der Waals surface area (Å²) >= 11 is 1.48. The fourth-order valence-electron chi connectivity index (χ4n) is 3.97. The Morgan fingerprint density at radius 3 is 2.76 bits per heavy atom. The summed E-state index contributed by atoms with van der Waals surface area (Å²) < 4.78 is 10.1. The van der Waals surface area contributed by atoms with Crippen molar-refractivity contribution >= 4 is 34.1 Å². The molecule has 0 aromatic carbocycles. The Labute approximate surface area is 172 Å². The normalized spacial score (nSPS) is 16.5. The highest BCUT2D eigenvalue weighted by Gasteiger charge is 2.30. The highest BCUT2D eigenvalue weighted by atomic mass is 32.1. The number of anilines is 1. The number of esters is 1. The average Bonchev–Trinajstić information content (AvgIpc) is 3.45. The van der Waals surface area contributed by atoms with Gasteiger partial charge >= 0.3 is 5.97 Å². The Hall–Kier alpha value is -2.65. The highest BCUT2D eigenvalue weighted by molar-refractivity contribution is 7.17. The lowest BCUT2D eigenvalue weighted by Gasteiger charge is -2.31. The van der Waals surface area contributed by atoms with Gasteiger partial charge in [0.2, 0.25) is 0 Å². The van der Waals surface area contributed by atoms with Gasteiger partial charge in [-0.3, -0.25) is 9.59 Å². The van der Waals surface area contributed by atoms with Gasteiger partial charge in [0.05, 0.1) is 45.1 Å². The molecule has 1 aliphatic carbocycles. The van der Waals surface area contributed by atoms with Crippen LogP contribution in [0.1, 0.15) is 37.8 Å². The monoisotopic (exact) mass is 418 g/mol. The second-order valence-corrected chi connectivity index (χ2v) is 8.40. The molecule has 3 heterocycles.